The fourth-order valence-corrected chi connectivity index (χ4v) is 2.23. The van der Waals surface area contributed by atoms with E-state index >= 15 is 0 Å². The van der Waals surface area contributed by atoms with Crippen LogP contribution in [-0.4, -0.2) is 33.7 Å². The van der Waals surface area contributed by atoms with Crippen LogP contribution in [-0.2, 0) is 11.2 Å². The van der Waals surface area contributed by atoms with Gasteiger partial charge in [0.25, 0.3) is 0 Å². The summed E-state index contributed by atoms with van der Waals surface area (Å²) in [4.78, 5) is 12.4. The summed E-state index contributed by atoms with van der Waals surface area (Å²) >= 11 is 0. The number of benzene rings is 1. The Bertz CT molecular complexity index is 459. The highest BCUT2D eigenvalue weighted by atomic mass is 16.6. The minimum Gasteiger partial charge on any atom is -0.476 e. The van der Waals surface area contributed by atoms with Crippen molar-refractivity contribution in [1.82, 2.24) is 0 Å². The molecule has 118 valence electrons. The van der Waals surface area contributed by atoms with Gasteiger partial charge in [0.2, 0.25) is 0 Å². The van der Waals surface area contributed by atoms with Crippen LogP contribution in [0.3, 0.4) is 0 Å². The van der Waals surface area contributed by atoms with E-state index in [1.54, 1.807) is 12.1 Å². The van der Waals surface area contributed by atoms with Gasteiger partial charge in [0, 0.05) is 12.2 Å². The first-order chi connectivity index (χ1) is 9.95. The van der Waals surface area contributed by atoms with E-state index in [1.807, 2.05) is 19.1 Å². The minimum absolute atomic E-state index is 0.277. The number of rotatable bonds is 9. The molecule has 21 heavy (non-hydrogen) atoms. The van der Waals surface area contributed by atoms with E-state index in [1.165, 1.54) is 4.90 Å². The highest BCUT2D eigenvalue weighted by molar-refractivity contribution is 5.79. The van der Waals surface area contributed by atoms with Crippen molar-refractivity contribution in [3.63, 3.8) is 0 Å². The zero-order valence-corrected chi connectivity index (χ0v) is 12.7. The topological polar surface area (TPSA) is 81.0 Å². The number of carboxylic acid groups (broad SMARTS) is 1. The van der Waals surface area contributed by atoms with E-state index in [0.717, 1.165) is 31.2 Å². The molecule has 0 saturated heterocycles. The number of carbonyl (C=O) groups is 1. The maximum atomic E-state index is 11.2. The van der Waals surface area contributed by atoms with Gasteiger partial charge in [0.1, 0.15) is 0 Å². The molecule has 1 rings (SSSR count). The summed E-state index contributed by atoms with van der Waals surface area (Å²) in [5.74, 6) is -4.55. The Morgan fingerprint density at radius 2 is 1.76 bits per heavy atom. The molecule has 0 aliphatic carbocycles. The van der Waals surface area contributed by atoms with Crippen molar-refractivity contribution in [2.24, 2.45) is 0 Å². The molecule has 0 spiro atoms. The summed E-state index contributed by atoms with van der Waals surface area (Å²) in [6, 6.07) is 7.30. The first-order valence-corrected chi connectivity index (χ1v) is 7.48. The Labute approximate surface area is 125 Å². The highest BCUT2D eigenvalue weighted by Gasteiger charge is 2.41. The molecule has 5 heteroatoms. The molecule has 0 aromatic heterocycles. The average Bonchev–Trinajstić information content (AvgIpc) is 2.46. The number of anilines is 1. The zero-order valence-electron chi connectivity index (χ0n) is 12.7. The standard InChI is InChI=1S/C16H25NO4/c1-3-5-9-13-10-7-8-11-14(13)17(12-6-4-2)16(20,21)15(18)19/h7-8,10-11,20-21H,3-6,9,12H2,1-2H3,(H,18,19). The van der Waals surface area contributed by atoms with Gasteiger partial charge in [-0.2, -0.15) is 0 Å². The molecular formula is C16H25NO4. The summed E-state index contributed by atoms with van der Waals surface area (Å²) in [7, 11) is 0. The first kappa shape index (κ1) is 17.5. The number of para-hydroxylation sites is 1. The van der Waals surface area contributed by atoms with Crippen LogP contribution in [0.2, 0.25) is 0 Å². The quantitative estimate of drug-likeness (QED) is 0.609. The Morgan fingerprint density at radius 3 is 2.33 bits per heavy atom. The second kappa shape index (κ2) is 8.00. The summed E-state index contributed by atoms with van der Waals surface area (Å²) in [6.07, 6.45) is 4.29. The van der Waals surface area contributed by atoms with Gasteiger partial charge in [-0.1, -0.05) is 44.9 Å². The van der Waals surface area contributed by atoms with Crippen LogP contribution in [0.25, 0.3) is 0 Å². The summed E-state index contributed by atoms with van der Waals surface area (Å²) in [6.45, 7) is 4.33. The molecule has 5 nitrogen and oxygen atoms in total. The van der Waals surface area contributed by atoms with E-state index in [0.29, 0.717) is 12.1 Å². The minimum atomic E-state index is -2.89. The fraction of sp³-hybridized carbons (Fsp3) is 0.562. The van der Waals surface area contributed by atoms with Gasteiger partial charge in [0.05, 0.1) is 0 Å². The van der Waals surface area contributed by atoms with Crippen molar-refractivity contribution in [3.8, 4) is 0 Å². The normalized spacial score (nSPS) is 11.4. The van der Waals surface area contributed by atoms with Gasteiger partial charge in [0.15, 0.2) is 0 Å². The number of aryl methyl sites for hydroxylation is 1. The van der Waals surface area contributed by atoms with Crippen LogP contribution in [0.1, 0.15) is 45.1 Å². The molecule has 3 N–H and O–H groups in total. The molecule has 1 aromatic rings. The lowest BCUT2D eigenvalue weighted by Gasteiger charge is -2.35. The number of nitrogens with zero attached hydrogens (tertiary/aromatic N) is 1. The fourth-order valence-electron chi connectivity index (χ4n) is 2.23. The monoisotopic (exact) mass is 295 g/mol. The number of hydrogen-bond donors (Lipinski definition) is 3. The van der Waals surface area contributed by atoms with Crippen molar-refractivity contribution < 1.29 is 20.1 Å². The highest BCUT2D eigenvalue weighted by Crippen LogP contribution is 2.27. The van der Waals surface area contributed by atoms with E-state index < -0.39 is 11.9 Å². The van der Waals surface area contributed by atoms with Crippen LogP contribution in [0, 0.1) is 0 Å². The SMILES string of the molecule is CCCCc1ccccc1N(CCCC)C(O)(O)C(=O)O. The van der Waals surface area contributed by atoms with Gasteiger partial charge in [-0.05, 0) is 30.9 Å². The Morgan fingerprint density at radius 1 is 1.14 bits per heavy atom. The average molecular weight is 295 g/mol. The summed E-state index contributed by atoms with van der Waals surface area (Å²) in [5.41, 5.74) is 1.51. The molecule has 1 aromatic carbocycles. The van der Waals surface area contributed by atoms with E-state index in [9.17, 15) is 15.0 Å². The smallest absolute Gasteiger partial charge is 0.387 e. The zero-order chi connectivity index (χ0) is 15.9. The van der Waals surface area contributed by atoms with E-state index in [-0.39, 0.29) is 6.54 Å². The molecule has 0 fully saturated rings. The van der Waals surface area contributed by atoms with Gasteiger partial charge < -0.3 is 20.2 Å². The van der Waals surface area contributed by atoms with Crippen LogP contribution < -0.4 is 4.90 Å². The van der Waals surface area contributed by atoms with Crippen molar-refractivity contribution in [2.45, 2.75) is 51.9 Å². The molecule has 0 radical (unpaired) electrons. The summed E-state index contributed by atoms with van der Waals surface area (Å²) < 4.78 is 0. The maximum Gasteiger partial charge on any atom is 0.387 e. The third-order valence-corrected chi connectivity index (χ3v) is 3.48. The predicted molar refractivity (Wildman–Crippen MR) is 82.1 cm³/mol. The third kappa shape index (κ3) is 4.44. The lowest BCUT2D eigenvalue weighted by molar-refractivity contribution is -0.203. The first-order valence-electron chi connectivity index (χ1n) is 7.48. The lowest BCUT2D eigenvalue weighted by atomic mass is 10.0. The molecule has 0 bridgehead atoms. The number of hydrogen-bond acceptors (Lipinski definition) is 4. The predicted octanol–water partition coefficient (Wildman–Crippen LogP) is 2.36. The lowest BCUT2D eigenvalue weighted by Crippen LogP contribution is -2.55. The molecular weight excluding hydrogens is 270 g/mol. The maximum absolute atomic E-state index is 11.2. The molecule has 0 aliphatic rings. The molecule has 0 heterocycles. The molecule has 0 amide bonds. The Kier molecular flexibility index (Phi) is 6.65. The van der Waals surface area contributed by atoms with Gasteiger partial charge in [-0.25, -0.2) is 4.79 Å². The second-order valence-electron chi connectivity index (χ2n) is 5.18. The Balaban J connectivity index is 3.16. The van der Waals surface area contributed by atoms with Crippen LogP contribution in [0.15, 0.2) is 24.3 Å². The molecule has 0 aliphatic heterocycles. The van der Waals surface area contributed by atoms with Gasteiger partial charge in [-0.3, -0.25) is 0 Å². The van der Waals surface area contributed by atoms with E-state index in [2.05, 4.69) is 6.92 Å². The number of carboxylic acids is 1. The summed E-state index contributed by atoms with van der Waals surface area (Å²) in [5, 5.41) is 29.0. The van der Waals surface area contributed by atoms with E-state index in [4.69, 9.17) is 5.11 Å². The number of aliphatic carboxylic acids is 1. The number of unbranched alkanes of at least 4 members (excludes halogenated alkanes) is 2. The van der Waals surface area contributed by atoms with Gasteiger partial charge in [-0.15, -0.1) is 0 Å². The molecule has 0 unspecified atom stereocenters. The second-order valence-corrected chi connectivity index (χ2v) is 5.18. The van der Waals surface area contributed by atoms with Crippen LogP contribution >= 0.6 is 0 Å². The largest absolute Gasteiger partial charge is 0.476 e. The third-order valence-electron chi connectivity index (χ3n) is 3.48. The van der Waals surface area contributed by atoms with Crippen molar-refractivity contribution in [3.05, 3.63) is 29.8 Å². The number of aliphatic hydroxyl groups is 2. The molecule has 0 atom stereocenters. The van der Waals surface area contributed by atoms with Gasteiger partial charge >= 0.3 is 11.9 Å². The van der Waals surface area contributed by atoms with Crippen LogP contribution in [0.4, 0.5) is 5.69 Å². The van der Waals surface area contributed by atoms with Crippen molar-refractivity contribution in [2.75, 3.05) is 11.4 Å². The Hall–Kier alpha value is -1.59. The van der Waals surface area contributed by atoms with Crippen molar-refractivity contribution >= 4 is 11.7 Å². The van der Waals surface area contributed by atoms with Crippen LogP contribution in [0.5, 0.6) is 0 Å². The van der Waals surface area contributed by atoms with Crippen molar-refractivity contribution in [1.29, 1.82) is 0 Å². The molecule has 0 saturated carbocycles.